The van der Waals surface area contributed by atoms with E-state index in [2.05, 4.69) is 61.9 Å². The molecule has 5 heterocycles. The Morgan fingerprint density at radius 1 is 0.351 bits per heavy atom. The molecule has 0 saturated carbocycles. The molecule has 386 valence electrons. The lowest BCUT2D eigenvalue weighted by molar-refractivity contribution is -0.384. The van der Waals surface area contributed by atoms with Crippen molar-refractivity contribution in [3.63, 3.8) is 0 Å². The van der Waals surface area contributed by atoms with Gasteiger partial charge >= 0.3 is 0 Å². The molecular formula is C60H72N10O4. The molecule has 14 nitrogen and oxygen atoms in total. The number of aromatic amines is 2. The number of nitro groups is 2. The van der Waals surface area contributed by atoms with Crippen molar-refractivity contribution in [3.05, 3.63) is 103 Å². The molecule has 0 radical (unpaired) electrons. The third-order valence-electron chi connectivity index (χ3n) is 15.1. The van der Waals surface area contributed by atoms with Gasteiger partial charge in [-0.05, 0) is 85.8 Å². The molecule has 0 aliphatic carbocycles. The normalized spacial score (nSPS) is 11.9. The molecule has 9 rings (SSSR count). The van der Waals surface area contributed by atoms with Gasteiger partial charge in [0, 0.05) is 68.1 Å². The highest BCUT2D eigenvalue weighted by atomic mass is 16.6. The highest BCUT2D eigenvalue weighted by Crippen LogP contribution is 2.44. The van der Waals surface area contributed by atoms with Crippen molar-refractivity contribution in [2.24, 2.45) is 0 Å². The lowest BCUT2D eigenvalue weighted by atomic mass is 9.91. The van der Waals surface area contributed by atoms with Crippen LogP contribution in [0.15, 0.2) is 60.7 Å². The third-order valence-corrected chi connectivity index (χ3v) is 15.1. The largest absolute Gasteiger partial charge is 0.324 e. The number of nitrogens with one attached hydrogen (secondary N) is 2. The molecule has 0 unspecified atom stereocenters. The maximum Gasteiger partial charge on any atom is 0.270 e. The molecule has 0 atom stereocenters. The number of nitrogens with zero attached hydrogens (tertiary/aromatic N) is 8. The summed E-state index contributed by atoms with van der Waals surface area (Å²) in [5.74, 6) is 1.89. The fraction of sp³-hybridized carbons (Fsp3) is 0.467. The maximum absolute atomic E-state index is 12.4. The number of non-ortho nitro benzene ring substituents is 2. The quantitative estimate of drug-likeness (QED) is 0.0299. The standard InChI is InChI=1S/C60H72N10O4/c1-5-9-13-17-21-25-39-29-31-41(27-23-19-15-11-7-3)51-49(39)57-63-53-45-35-33-43(69(71)72)37-47(45)56(61-53)66-60-52-42(28-24-20-16-12-8-4)32-30-40(26-22-18-14-10-6-2)50(52)58(68-60)64-54-46-36-34-44(70(73)74)38-48(46)55(62-54)65-59(51)67-57/h29-38H,5-28H2,1-4H3,(H2,61,62,63,64,65,66,67,68). The SMILES string of the molecule is CCCCCCCc1ccc(CCCCCCC)c2c1-c1nc-2nc2[nH]c(nc3nc(nc4[nH]c(n1)c1ccc([N+](=O)[O-])cc41)-c1c(CCCCCCC)ccc(CCCCCCC)c1-3)c1ccc([N+](=O)[O-])cc21. The van der Waals surface area contributed by atoms with E-state index < -0.39 is 0 Å². The third kappa shape index (κ3) is 11.4. The van der Waals surface area contributed by atoms with E-state index in [1.165, 1.54) is 37.8 Å². The summed E-state index contributed by atoms with van der Waals surface area (Å²) >= 11 is 0. The van der Waals surface area contributed by atoms with Crippen LogP contribution in [0.25, 0.3) is 89.7 Å². The van der Waals surface area contributed by atoms with E-state index in [1.807, 2.05) is 0 Å². The van der Waals surface area contributed by atoms with Crippen LogP contribution in [0.2, 0.25) is 0 Å². The van der Waals surface area contributed by atoms with E-state index in [1.54, 1.807) is 24.3 Å². The van der Waals surface area contributed by atoms with E-state index >= 15 is 0 Å². The van der Waals surface area contributed by atoms with Crippen molar-refractivity contribution < 1.29 is 9.85 Å². The van der Waals surface area contributed by atoms with Gasteiger partial charge in [0.2, 0.25) is 0 Å². The zero-order valence-corrected chi connectivity index (χ0v) is 44.0. The highest BCUT2D eigenvalue weighted by Gasteiger charge is 2.29. The summed E-state index contributed by atoms with van der Waals surface area (Å²) < 4.78 is 0. The smallest absolute Gasteiger partial charge is 0.270 e. The topological polar surface area (TPSA) is 195 Å². The number of aromatic nitrogens is 8. The molecule has 14 heteroatoms. The van der Waals surface area contributed by atoms with Crippen LogP contribution in [0, 0.1) is 20.2 Å². The van der Waals surface area contributed by atoms with Gasteiger partial charge in [-0.1, -0.05) is 155 Å². The van der Waals surface area contributed by atoms with Crippen molar-refractivity contribution >= 4 is 55.5 Å². The van der Waals surface area contributed by atoms with Crippen molar-refractivity contribution in [2.75, 3.05) is 0 Å². The molecule has 0 saturated heterocycles. The molecular weight excluding hydrogens is 925 g/mol. The Morgan fingerprint density at radius 2 is 0.622 bits per heavy atom. The van der Waals surface area contributed by atoms with Gasteiger partial charge in [-0.3, -0.25) is 20.2 Å². The van der Waals surface area contributed by atoms with Gasteiger partial charge in [0.1, 0.15) is 22.6 Å². The molecule has 2 aliphatic heterocycles. The number of rotatable bonds is 26. The van der Waals surface area contributed by atoms with Crippen molar-refractivity contribution in [1.82, 2.24) is 39.9 Å². The van der Waals surface area contributed by atoms with Gasteiger partial charge in [-0.25, -0.2) is 29.9 Å². The van der Waals surface area contributed by atoms with Gasteiger partial charge in [0.05, 0.1) is 9.85 Å². The minimum Gasteiger partial charge on any atom is -0.324 e. The van der Waals surface area contributed by atoms with Gasteiger partial charge in [0.15, 0.2) is 23.3 Å². The summed E-state index contributed by atoms with van der Waals surface area (Å²) in [4.78, 5) is 63.4. The second kappa shape index (κ2) is 24.4. The predicted octanol–water partition coefficient (Wildman–Crippen LogP) is 16.7. The van der Waals surface area contributed by atoms with Crippen LogP contribution in [-0.2, 0) is 25.7 Å². The van der Waals surface area contributed by atoms with Crippen molar-refractivity contribution in [2.45, 2.75) is 182 Å². The van der Waals surface area contributed by atoms with Crippen LogP contribution < -0.4 is 0 Å². The average Bonchev–Trinajstić information content (AvgIpc) is 4.15. The van der Waals surface area contributed by atoms with Gasteiger partial charge in [0.25, 0.3) is 11.4 Å². The van der Waals surface area contributed by atoms with Gasteiger partial charge in [-0.2, -0.15) is 0 Å². The fourth-order valence-electron chi connectivity index (χ4n) is 11.0. The Bertz CT molecular complexity index is 3120. The molecule has 2 N–H and O–H groups in total. The predicted molar refractivity (Wildman–Crippen MR) is 299 cm³/mol. The van der Waals surface area contributed by atoms with Crippen LogP contribution in [0.5, 0.6) is 0 Å². The zero-order chi connectivity index (χ0) is 51.6. The number of hydrogen-bond acceptors (Lipinski definition) is 10. The van der Waals surface area contributed by atoms with E-state index in [4.69, 9.17) is 29.9 Å². The van der Waals surface area contributed by atoms with Gasteiger partial charge in [-0.15, -0.1) is 0 Å². The molecule has 0 amide bonds. The molecule has 7 aromatic rings. The summed E-state index contributed by atoms with van der Waals surface area (Å²) in [7, 11) is 0. The molecule has 0 fully saturated rings. The first-order chi connectivity index (χ1) is 36.2. The van der Waals surface area contributed by atoms with Crippen LogP contribution in [0.1, 0.15) is 178 Å². The molecule has 74 heavy (non-hydrogen) atoms. The van der Waals surface area contributed by atoms with Gasteiger partial charge < -0.3 is 9.97 Å². The van der Waals surface area contributed by atoms with Crippen molar-refractivity contribution in [1.29, 1.82) is 0 Å². The number of fused-ring (bicyclic) bond motifs is 20. The van der Waals surface area contributed by atoms with Crippen LogP contribution >= 0.6 is 0 Å². The lowest BCUT2D eigenvalue weighted by Gasteiger charge is -2.13. The minimum absolute atomic E-state index is 0.0548. The second-order valence-corrected chi connectivity index (χ2v) is 20.5. The van der Waals surface area contributed by atoms with Crippen LogP contribution in [-0.4, -0.2) is 49.7 Å². The molecule has 2 aliphatic rings. The number of aryl methyl sites for hydroxylation is 4. The van der Waals surface area contributed by atoms with Crippen LogP contribution in [0.4, 0.5) is 11.4 Å². The van der Waals surface area contributed by atoms with E-state index in [-0.39, 0.29) is 21.2 Å². The summed E-state index contributed by atoms with van der Waals surface area (Å²) in [6, 6.07) is 18.6. The summed E-state index contributed by atoms with van der Waals surface area (Å²) in [5, 5.41) is 27.3. The molecule has 0 spiro atoms. The maximum atomic E-state index is 12.4. The number of H-pyrrole nitrogens is 2. The lowest BCUT2D eigenvalue weighted by Crippen LogP contribution is -1.98. The summed E-state index contributed by atoms with van der Waals surface area (Å²) in [6.45, 7) is 8.90. The number of benzene rings is 4. The first-order valence-electron chi connectivity index (χ1n) is 27.9. The highest BCUT2D eigenvalue weighted by molar-refractivity contribution is 6.07. The van der Waals surface area contributed by atoms with E-state index in [0.717, 1.165) is 173 Å². The van der Waals surface area contributed by atoms with Crippen LogP contribution in [0.3, 0.4) is 0 Å². The summed E-state index contributed by atoms with van der Waals surface area (Å²) in [6.07, 6.45) is 25.7. The second-order valence-electron chi connectivity index (χ2n) is 20.5. The number of nitro benzene ring substituents is 2. The number of unbranched alkanes of at least 4 members (excludes halogenated alkanes) is 16. The molecule has 4 aromatic carbocycles. The Morgan fingerprint density at radius 3 is 0.892 bits per heavy atom. The molecule has 8 bridgehead atoms. The Balaban J connectivity index is 1.37. The Hall–Kier alpha value is -6.96. The monoisotopic (exact) mass is 997 g/mol. The van der Waals surface area contributed by atoms with Crippen molar-refractivity contribution in [3.8, 4) is 45.6 Å². The Labute approximate surface area is 434 Å². The first kappa shape index (κ1) is 51.9. The average molecular weight is 997 g/mol. The zero-order valence-electron chi connectivity index (χ0n) is 44.0. The van der Waals surface area contributed by atoms with E-state index in [9.17, 15) is 20.2 Å². The van der Waals surface area contributed by atoms with E-state index in [0.29, 0.717) is 67.4 Å². The Kier molecular flexibility index (Phi) is 17.1. The first-order valence-corrected chi connectivity index (χ1v) is 27.9. The summed E-state index contributed by atoms with van der Waals surface area (Å²) in [5.41, 5.74) is 9.80. The number of hydrogen-bond donors (Lipinski definition) is 2. The fourth-order valence-corrected chi connectivity index (χ4v) is 11.0. The minimum atomic E-state index is -0.376. The molecule has 3 aromatic heterocycles.